The predicted octanol–water partition coefficient (Wildman–Crippen LogP) is 2.17. The first-order chi connectivity index (χ1) is 10.4. The molecule has 0 spiro atoms. The van der Waals surface area contributed by atoms with E-state index in [1.165, 1.54) is 17.3 Å². The van der Waals surface area contributed by atoms with Gasteiger partial charge in [0.1, 0.15) is 5.25 Å². The molecule has 6 heteroatoms. The quantitative estimate of drug-likeness (QED) is 0.451. The number of hydrogen-bond acceptors (Lipinski definition) is 5. The summed E-state index contributed by atoms with van der Waals surface area (Å²) >= 11 is 1.41. The Kier molecular flexibility index (Phi) is 7.98. The van der Waals surface area contributed by atoms with E-state index in [1.54, 1.807) is 21.0 Å². The van der Waals surface area contributed by atoms with E-state index in [0.29, 0.717) is 13.2 Å². The Morgan fingerprint density at radius 3 is 2.45 bits per heavy atom. The number of ether oxygens (including phenoxy) is 2. The lowest BCUT2D eigenvalue weighted by atomic mass is 10.2. The highest BCUT2D eigenvalue weighted by atomic mass is 32.2. The lowest BCUT2D eigenvalue weighted by Crippen LogP contribution is -2.38. The average Bonchev–Trinajstić information content (AvgIpc) is 2.49. The second-order valence-corrected chi connectivity index (χ2v) is 6.35. The Morgan fingerprint density at radius 1 is 1.23 bits per heavy atom. The van der Waals surface area contributed by atoms with Crippen LogP contribution in [0.15, 0.2) is 29.2 Å². The highest BCUT2D eigenvalue weighted by Crippen LogP contribution is 2.24. The Balaban J connectivity index is 2.42. The highest BCUT2D eigenvalue weighted by Gasteiger charge is 2.22. The summed E-state index contributed by atoms with van der Waals surface area (Å²) < 4.78 is 10.0. The summed E-state index contributed by atoms with van der Waals surface area (Å²) in [4.78, 5) is 24.7. The van der Waals surface area contributed by atoms with E-state index >= 15 is 0 Å². The van der Waals surface area contributed by atoms with Crippen molar-refractivity contribution in [2.45, 2.75) is 37.0 Å². The Labute approximate surface area is 135 Å². The predicted molar refractivity (Wildman–Crippen MR) is 86.9 cm³/mol. The monoisotopic (exact) mass is 325 g/mol. The van der Waals surface area contributed by atoms with Crippen LogP contribution in [0.1, 0.15) is 19.4 Å². The third kappa shape index (κ3) is 6.49. The first-order valence-corrected chi connectivity index (χ1v) is 8.02. The van der Waals surface area contributed by atoms with Gasteiger partial charge in [0.05, 0.1) is 6.61 Å². The number of esters is 1. The number of amides is 1. The largest absolute Gasteiger partial charge is 0.452 e. The van der Waals surface area contributed by atoms with Crippen LogP contribution < -0.4 is 5.32 Å². The smallest absolute Gasteiger partial charge is 0.319 e. The average molecular weight is 325 g/mol. The minimum absolute atomic E-state index is 0.321. The first kappa shape index (κ1) is 18.5. The minimum Gasteiger partial charge on any atom is -0.452 e. The van der Waals surface area contributed by atoms with Crippen LogP contribution in [0.2, 0.25) is 0 Å². The van der Waals surface area contributed by atoms with E-state index in [0.717, 1.165) is 4.90 Å². The van der Waals surface area contributed by atoms with Gasteiger partial charge in [-0.3, -0.25) is 9.59 Å². The second kappa shape index (κ2) is 9.48. The molecule has 0 aliphatic carbocycles. The van der Waals surface area contributed by atoms with Gasteiger partial charge >= 0.3 is 5.97 Å². The van der Waals surface area contributed by atoms with Crippen molar-refractivity contribution in [3.63, 3.8) is 0 Å². The number of carbonyl (C=O) groups is 2. The molecule has 0 heterocycles. The number of rotatable bonds is 8. The van der Waals surface area contributed by atoms with E-state index in [2.05, 4.69) is 5.32 Å². The van der Waals surface area contributed by atoms with E-state index < -0.39 is 12.1 Å². The molecule has 0 aliphatic rings. The molecule has 0 saturated heterocycles. The third-order valence-corrected chi connectivity index (χ3v) is 4.02. The van der Waals surface area contributed by atoms with Gasteiger partial charge < -0.3 is 14.8 Å². The van der Waals surface area contributed by atoms with E-state index in [1.807, 2.05) is 31.2 Å². The normalized spacial score (nSPS) is 13.3. The summed E-state index contributed by atoms with van der Waals surface area (Å²) in [7, 11) is 1.56. The van der Waals surface area contributed by atoms with E-state index in [-0.39, 0.29) is 11.2 Å². The Morgan fingerprint density at radius 2 is 1.86 bits per heavy atom. The number of methoxy groups -OCH3 is 1. The molecule has 22 heavy (non-hydrogen) atoms. The SMILES string of the molecule is COCCNC(=O)[C@@H](C)OC(=O)[C@@H](C)Sc1ccc(C)cc1. The fraction of sp³-hybridized carbons (Fsp3) is 0.500. The molecule has 5 nitrogen and oxygen atoms in total. The second-order valence-electron chi connectivity index (χ2n) is 4.94. The Bertz CT molecular complexity index is 489. The van der Waals surface area contributed by atoms with Crippen molar-refractivity contribution in [1.29, 1.82) is 0 Å². The number of carbonyl (C=O) groups excluding carboxylic acids is 2. The van der Waals surface area contributed by atoms with Crippen LogP contribution in [0, 0.1) is 6.92 Å². The molecular weight excluding hydrogens is 302 g/mol. The number of hydrogen-bond donors (Lipinski definition) is 1. The zero-order valence-electron chi connectivity index (χ0n) is 13.4. The molecule has 1 aromatic rings. The zero-order chi connectivity index (χ0) is 16.5. The van der Waals surface area contributed by atoms with Crippen LogP contribution in [0.4, 0.5) is 0 Å². The van der Waals surface area contributed by atoms with Crippen molar-refractivity contribution in [3.8, 4) is 0 Å². The van der Waals surface area contributed by atoms with Crippen LogP contribution in [-0.2, 0) is 19.1 Å². The van der Waals surface area contributed by atoms with Gasteiger partial charge in [-0.2, -0.15) is 0 Å². The van der Waals surface area contributed by atoms with Crippen LogP contribution >= 0.6 is 11.8 Å². The van der Waals surface area contributed by atoms with Crippen molar-refractivity contribution in [3.05, 3.63) is 29.8 Å². The number of nitrogens with one attached hydrogen (secondary N) is 1. The van der Waals surface area contributed by atoms with Crippen LogP contribution in [0.5, 0.6) is 0 Å². The molecule has 0 aromatic heterocycles. The van der Waals surface area contributed by atoms with Gasteiger partial charge in [0, 0.05) is 18.6 Å². The summed E-state index contributed by atoms with van der Waals surface area (Å²) in [6.07, 6.45) is -0.814. The molecule has 0 saturated carbocycles. The van der Waals surface area contributed by atoms with Crippen molar-refractivity contribution in [2.24, 2.45) is 0 Å². The highest BCUT2D eigenvalue weighted by molar-refractivity contribution is 8.00. The fourth-order valence-corrected chi connectivity index (χ4v) is 2.47. The van der Waals surface area contributed by atoms with Crippen LogP contribution in [-0.4, -0.2) is 43.5 Å². The minimum atomic E-state index is -0.814. The molecule has 1 N–H and O–H groups in total. The van der Waals surface area contributed by atoms with E-state index in [4.69, 9.17) is 9.47 Å². The maximum absolute atomic E-state index is 12.0. The molecule has 1 rings (SSSR count). The lowest BCUT2D eigenvalue weighted by Gasteiger charge is -2.16. The molecule has 122 valence electrons. The molecule has 0 unspecified atom stereocenters. The molecule has 1 amide bonds. The fourth-order valence-electron chi connectivity index (χ4n) is 1.61. The molecule has 0 aliphatic heterocycles. The van der Waals surface area contributed by atoms with Gasteiger partial charge in [-0.1, -0.05) is 17.7 Å². The number of benzene rings is 1. The van der Waals surface area contributed by atoms with Gasteiger partial charge in [-0.25, -0.2) is 0 Å². The standard InChI is InChI=1S/C16H23NO4S/c1-11-5-7-14(8-6-11)22-13(3)16(19)21-12(2)15(18)17-9-10-20-4/h5-8,12-13H,9-10H2,1-4H3,(H,17,18)/t12-,13-/m1/s1. The Hall–Kier alpha value is -1.53. The van der Waals surface area contributed by atoms with Crippen molar-refractivity contribution >= 4 is 23.6 Å². The van der Waals surface area contributed by atoms with Crippen LogP contribution in [0.25, 0.3) is 0 Å². The summed E-state index contributed by atoms with van der Waals surface area (Å²) in [5.74, 6) is -0.724. The molecule has 0 radical (unpaired) electrons. The zero-order valence-corrected chi connectivity index (χ0v) is 14.2. The van der Waals surface area contributed by atoms with E-state index in [9.17, 15) is 9.59 Å². The van der Waals surface area contributed by atoms with Crippen molar-refractivity contribution in [2.75, 3.05) is 20.3 Å². The lowest BCUT2D eigenvalue weighted by molar-refractivity contribution is -0.154. The first-order valence-electron chi connectivity index (χ1n) is 7.14. The summed E-state index contributed by atoms with van der Waals surface area (Å²) in [5, 5.41) is 2.26. The van der Waals surface area contributed by atoms with Gasteiger partial charge in [0.15, 0.2) is 6.10 Å². The molecule has 1 aromatic carbocycles. The molecular formula is C16H23NO4S. The molecule has 2 atom stereocenters. The van der Waals surface area contributed by atoms with Gasteiger partial charge in [-0.05, 0) is 32.9 Å². The summed E-state index contributed by atoms with van der Waals surface area (Å²) in [5.41, 5.74) is 1.17. The number of aryl methyl sites for hydroxylation is 1. The summed E-state index contributed by atoms with van der Waals surface area (Å²) in [6.45, 7) is 6.15. The van der Waals surface area contributed by atoms with Crippen molar-refractivity contribution in [1.82, 2.24) is 5.32 Å². The number of thioether (sulfide) groups is 1. The summed E-state index contributed by atoms with van der Waals surface area (Å²) in [6, 6.07) is 7.91. The van der Waals surface area contributed by atoms with Gasteiger partial charge in [0.25, 0.3) is 5.91 Å². The maximum Gasteiger partial charge on any atom is 0.319 e. The maximum atomic E-state index is 12.0. The molecule has 0 bridgehead atoms. The topological polar surface area (TPSA) is 64.6 Å². The van der Waals surface area contributed by atoms with Gasteiger partial charge in [-0.15, -0.1) is 11.8 Å². The van der Waals surface area contributed by atoms with Gasteiger partial charge in [0.2, 0.25) is 0 Å². The van der Waals surface area contributed by atoms with Crippen LogP contribution in [0.3, 0.4) is 0 Å². The molecule has 0 fully saturated rings. The van der Waals surface area contributed by atoms with Crippen molar-refractivity contribution < 1.29 is 19.1 Å². The third-order valence-electron chi connectivity index (χ3n) is 2.93.